The van der Waals surface area contributed by atoms with Crippen LogP contribution in [0.3, 0.4) is 0 Å². The number of ether oxygens (including phenoxy) is 1. The molecule has 0 radical (unpaired) electrons. The van der Waals surface area contributed by atoms with Crippen molar-refractivity contribution in [3.05, 3.63) is 57.0 Å². The molecular formula is C14H11BrCl2O. The molecule has 0 atom stereocenters. The Bertz CT molecular complexity index is 570. The van der Waals surface area contributed by atoms with E-state index in [1.807, 2.05) is 43.3 Å². The summed E-state index contributed by atoms with van der Waals surface area (Å²) in [5, 5.41) is 0.604. The molecule has 4 heteroatoms. The summed E-state index contributed by atoms with van der Waals surface area (Å²) < 4.78 is 6.67. The van der Waals surface area contributed by atoms with E-state index in [1.54, 1.807) is 0 Å². The van der Waals surface area contributed by atoms with Crippen LogP contribution in [-0.2, 0) is 5.88 Å². The van der Waals surface area contributed by atoms with Crippen molar-refractivity contribution >= 4 is 39.1 Å². The van der Waals surface area contributed by atoms with Crippen LogP contribution < -0.4 is 4.74 Å². The van der Waals surface area contributed by atoms with E-state index >= 15 is 0 Å². The summed E-state index contributed by atoms with van der Waals surface area (Å²) in [7, 11) is 0. The minimum atomic E-state index is 0.464. The first-order valence-corrected chi connectivity index (χ1v) is 7.09. The topological polar surface area (TPSA) is 9.23 Å². The molecule has 0 aromatic heterocycles. The molecule has 0 aliphatic carbocycles. The van der Waals surface area contributed by atoms with Crippen LogP contribution >= 0.6 is 39.1 Å². The predicted molar refractivity (Wildman–Crippen MR) is 80.0 cm³/mol. The fraction of sp³-hybridized carbons (Fsp3) is 0.143. The molecule has 0 saturated carbocycles. The van der Waals surface area contributed by atoms with Gasteiger partial charge in [-0.1, -0.05) is 39.7 Å². The van der Waals surface area contributed by atoms with Gasteiger partial charge in [-0.2, -0.15) is 0 Å². The van der Waals surface area contributed by atoms with E-state index in [9.17, 15) is 0 Å². The average Bonchev–Trinajstić information content (AvgIpc) is 2.33. The Morgan fingerprint density at radius 1 is 1.17 bits per heavy atom. The smallest absolute Gasteiger partial charge is 0.146 e. The fourth-order valence-corrected chi connectivity index (χ4v) is 2.68. The van der Waals surface area contributed by atoms with Crippen LogP contribution in [0.5, 0.6) is 11.5 Å². The zero-order chi connectivity index (χ0) is 13.1. The predicted octanol–water partition coefficient (Wildman–Crippen LogP) is 5.94. The molecule has 0 N–H and O–H groups in total. The normalized spacial score (nSPS) is 10.4. The fourth-order valence-electron chi connectivity index (χ4n) is 1.52. The zero-order valence-electron chi connectivity index (χ0n) is 9.71. The van der Waals surface area contributed by atoms with Gasteiger partial charge in [0.15, 0.2) is 0 Å². The van der Waals surface area contributed by atoms with Crippen LogP contribution in [0.25, 0.3) is 0 Å². The van der Waals surface area contributed by atoms with Gasteiger partial charge in [0.25, 0.3) is 0 Å². The van der Waals surface area contributed by atoms with Gasteiger partial charge in [0.1, 0.15) is 11.5 Å². The number of aryl methyl sites for hydroxylation is 1. The lowest BCUT2D eigenvalue weighted by molar-refractivity contribution is 0.482. The molecule has 0 saturated heterocycles. The molecule has 0 amide bonds. The third-order valence-corrected chi connectivity index (χ3v) is 3.81. The molecule has 0 spiro atoms. The third kappa shape index (κ3) is 3.19. The molecule has 0 fully saturated rings. The van der Waals surface area contributed by atoms with E-state index in [2.05, 4.69) is 15.9 Å². The van der Waals surface area contributed by atoms with Gasteiger partial charge in [0.2, 0.25) is 0 Å². The monoisotopic (exact) mass is 344 g/mol. The summed E-state index contributed by atoms with van der Waals surface area (Å²) in [6.45, 7) is 1.99. The lowest BCUT2D eigenvalue weighted by Gasteiger charge is -2.09. The minimum Gasteiger partial charge on any atom is -0.456 e. The zero-order valence-corrected chi connectivity index (χ0v) is 12.8. The Labute approximate surface area is 125 Å². The van der Waals surface area contributed by atoms with E-state index in [-0.39, 0.29) is 0 Å². The molecule has 0 heterocycles. The van der Waals surface area contributed by atoms with E-state index in [1.165, 1.54) is 0 Å². The summed E-state index contributed by atoms with van der Waals surface area (Å²) in [5.41, 5.74) is 2.13. The van der Waals surface area contributed by atoms with Crippen LogP contribution in [0.1, 0.15) is 11.1 Å². The van der Waals surface area contributed by atoms with Crippen LogP contribution in [0.2, 0.25) is 5.02 Å². The van der Waals surface area contributed by atoms with Crippen molar-refractivity contribution in [1.82, 2.24) is 0 Å². The van der Waals surface area contributed by atoms with Gasteiger partial charge in [-0.3, -0.25) is 0 Å². The summed E-state index contributed by atoms with van der Waals surface area (Å²) in [5.74, 6) is 1.83. The van der Waals surface area contributed by atoms with Gasteiger partial charge >= 0.3 is 0 Å². The van der Waals surface area contributed by atoms with Crippen LogP contribution in [0.15, 0.2) is 40.9 Å². The molecule has 0 aliphatic rings. The van der Waals surface area contributed by atoms with E-state index in [0.717, 1.165) is 21.3 Å². The molecule has 2 rings (SSSR count). The second-order valence-corrected chi connectivity index (χ2v) is 5.45. The Kier molecular flexibility index (Phi) is 4.55. The SMILES string of the molecule is Cc1ccc(Oc2ccc(CCl)c(Br)c2)c(Cl)c1. The number of hydrogen-bond donors (Lipinski definition) is 0. The number of alkyl halides is 1. The Morgan fingerprint density at radius 3 is 2.56 bits per heavy atom. The quantitative estimate of drug-likeness (QED) is 0.625. The molecule has 0 unspecified atom stereocenters. The first kappa shape index (κ1) is 13.7. The largest absolute Gasteiger partial charge is 0.456 e. The summed E-state index contributed by atoms with van der Waals surface area (Å²) >= 11 is 15.4. The van der Waals surface area contributed by atoms with Crippen molar-refractivity contribution in [2.45, 2.75) is 12.8 Å². The molecule has 18 heavy (non-hydrogen) atoms. The average molecular weight is 346 g/mol. The van der Waals surface area contributed by atoms with Gasteiger partial charge in [-0.05, 0) is 42.3 Å². The number of halogens is 3. The third-order valence-electron chi connectivity index (χ3n) is 2.48. The molecular weight excluding hydrogens is 335 g/mol. The lowest BCUT2D eigenvalue weighted by Crippen LogP contribution is -1.88. The van der Waals surface area contributed by atoms with Crippen LogP contribution in [-0.4, -0.2) is 0 Å². The van der Waals surface area contributed by atoms with Crippen molar-refractivity contribution in [2.75, 3.05) is 0 Å². The van der Waals surface area contributed by atoms with Gasteiger partial charge in [-0.25, -0.2) is 0 Å². The summed E-state index contributed by atoms with van der Waals surface area (Å²) in [6, 6.07) is 11.4. The highest BCUT2D eigenvalue weighted by molar-refractivity contribution is 9.10. The minimum absolute atomic E-state index is 0.464. The van der Waals surface area contributed by atoms with E-state index < -0.39 is 0 Å². The van der Waals surface area contributed by atoms with Gasteiger partial charge in [-0.15, -0.1) is 11.6 Å². The van der Waals surface area contributed by atoms with Gasteiger partial charge in [0.05, 0.1) is 5.02 Å². The molecule has 1 nitrogen and oxygen atoms in total. The second kappa shape index (κ2) is 5.96. The molecule has 0 aliphatic heterocycles. The van der Waals surface area contributed by atoms with Crippen molar-refractivity contribution in [3.8, 4) is 11.5 Å². The maximum absolute atomic E-state index is 6.12. The highest BCUT2D eigenvalue weighted by Gasteiger charge is 2.05. The van der Waals surface area contributed by atoms with Gasteiger partial charge < -0.3 is 4.74 Å². The Hall–Kier alpha value is -0.700. The number of rotatable bonds is 3. The summed E-state index contributed by atoms with van der Waals surface area (Å²) in [6.07, 6.45) is 0. The second-order valence-electron chi connectivity index (χ2n) is 3.92. The van der Waals surface area contributed by atoms with Crippen molar-refractivity contribution in [3.63, 3.8) is 0 Å². The van der Waals surface area contributed by atoms with Crippen molar-refractivity contribution in [1.29, 1.82) is 0 Å². The molecule has 94 valence electrons. The highest BCUT2D eigenvalue weighted by Crippen LogP contribution is 2.32. The van der Waals surface area contributed by atoms with Gasteiger partial charge in [0, 0.05) is 10.4 Å². The maximum atomic E-state index is 6.12. The number of benzene rings is 2. The molecule has 2 aromatic carbocycles. The first-order chi connectivity index (χ1) is 8.60. The Morgan fingerprint density at radius 2 is 1.94 bits per heavy atom. The van der Waals surface area contributed by atoms with E-state index in [4.69, 9.17) is 27.9 Å². The van der Waals surface area contributed by atoms with Crippen molar-refractivity contribution < 1.29 is 4.74 Å². The summed E-state index contributed by atoms with van der Waals surface area (Å²) in [4.78, 5) is 0. The molecule has 2 aromatic rings. The first-order valence-electron chi connectivity index (χ1n) is 5.38. The van der Waals surface area contributed by atoms with E-state index in [0.29, 0.717) is 16.7 Å². The van der Waals surface area contributed by atoms with Crippen LogP contribution in [0, 0.1) is 6.92 Å². The van der Waals surface area contributed by atoms with Crippen LogP contribution in [0.4, 0.5) is 0 Å². The maximum Gasteiger partial charge on any atom is 0.146 e. The number of hydrogen-bond acceptors (Lipinski definition) is 1. The lowest BCUT2D eigenvalue weighted by atomic mass is 10.2. The standard InChI is InChI=1S/C14H11BrCl2O/c1-9-2-5-14(13(17)6-9)18-11-4-3-10(8-16)12(15)7-11/h2-7H,8H2,1H3. The highest BCUT2D eigenvalue weighted by atomic mass is 79.9. The van der Waals surface area contributed by atoms with Crippen molar-refractivity contribution in [2.24, 2.45) is 0 Å². The Balaban J connectivity index is 2.26. The molecule has 0 bridgehead atoms.